The van der Waals surface area contributed by atoms with Gasteiger partial charge in [0, 0.05) is 12.1 Å². The Morgan fingerprint density at radius 2 is 1.83 bits per heavy atom. The van der Waals surface area contributed by atoms with Crippen molar-refractivity contribution in [2.45, 2.75) is 13.3 Å². The second-order valence-corrected chi connectivity index (χ2v) is 5.68. The fourth-order valence-corrected chi connectivity index (χ4v) is 2.89. The van der Waals surface area contributed by atoms with Crippen LogP contribution in [0.2, 0.25) is 0 Å². The molecular formula is C18H16N4O. The Bertz CT molecular complexity index is 865. The van der Waals surface area contributed by atoms with E-state index in [1.807, 2.05) is 61.5 Å². The van der Waals surface area contributed by atoms with Gasteiger partial charge in [0.1, 0.15) is 5.82 Å². The summed E-state index contributed by atoms with van der Waals surface area (Å²) in [4.78, 5) is 20.5. The third kappa shape index (κ3) is 2.40. The van der Waals surface area contributed by atoms with Crippen LogP contribution in [0.5, 0.6) is 0 Å². The minimum absolute atomic E-state index is 0.00541. The molecule has 23 heavy (non-hydrogen) atoms. The van der Waals surface area contributed by atoms with E-state index in [4.69, 9.17) is 0 Å². The quantitative estimate of drug-likeness (QED) is 0.808. The molecule has 114 valence electrons. The van der Waals surface area contributed by atoms with Gasteiger partial charge in [0.2, 0.25) is 0 Å². The van der Waals surface area contributed by atoms with E-state index in [-0.39, 0.29) is 11.8 Å². The van der Waals surface area contributed by atoms with E-state index in [0.29, 0.717) is 6.42 Å². The van der Waals surface area contributed by atoms with Crippen molar-refractivity contribution in [3.63, 3.8) is 0 Å². The van der Waals surface area contributed by atoms with Gasteiger partial charge in [-0.25, -0.2) is 9.99 Å². The lowest BCUT2D eigenvalue weighted by molar-refractivity contribution is -0.119. The number of amides is 1. The number of imidazole rings is 1. The molecule has 2 heterocycles. The van der Waals surface area contributed by atoms with Gasteiger partial charge in [-0.2, -0.15) is 5.10 Å². The second kappa shape index (κ2) is 5.35. The first kappa shape index (κ1) is 13.7. The number of anilines is 1. The number of nitrogens with zero attached hydrogens (tertiary/aromatic N) is 3. The summed E-state index contributed by atoms with van der Waals surface area (Å²) < 4.78 is 0. The fraction of sp³-hybridized carbons (Fsp3) is 0.167. The summed E-state index contributed by atoms with van der Waals surface area (Å²) in [6.07, 6.45) is 0.534. The number of hydrogen-bond acceptors (Lipinski definition) is 3. The minimum atomic E-state index is -0.268. The third-order valence-electron chi connectivity index (χ3n) is 4.11. The molecule has 1 aliphatic heterocycles. The first-order chi connectivity index (χ1) is 11.2. The molecule has 1 aliphatic rings. The van der Waals surface area contributed by atoms with Crippen molar-refractivity contribution in [1.29, 1.82) is 0 Å². The Morgan fingerprint density at radius 1 is 1.09 bits per heavy atom. The lowest BCUT2D eigenvalue weighted by Crippen LogP contribution is -2.28. The molecule has 4 rings (SSSR count). The molecule has 1 atom stereocenters. The summed E-state index contributed by atoms with van der Waals surface area (Å²) in [5, 5.41) is 5.92. The van der Waals surface area contributed by atoms with Crippen molar-refractivity contribution in [3.05, 3.63) is 60.4 Å². The van der Waals surface area contributed by atoms with Crippen LogP contribution in [0.1, 0.15) is 12.7 Å². The maximum atomic E-state index is 12.7. The van der Waals surface area contributed by atoms with Crippen molar-refractivity contribution >= 4 is 28.3 Å². The second-order valence-electron chi connectivity index (χ2n) is 5.68. The molecule has 1 amide bonds. The number of rotatable bonds is 3. The average Bonchev–Trinajstić information content (AvgIpc) is 3.11. The van der Waals surface area contributed by atoms with Gasteiger partial charge in [-0.15, -0.1) is 0 Å². The molecule has 1 aromatic heterocycles. The van der Waals surface area contributed by atoms with Crippen molar-refractivity contribution in [2.75, 3.05) is 5.01 Å². The summed E-state index contributed by atoms with van der Waals surface area (Å²) in [7, 11) is 0. The topological polar surface area (TPSA) is 61.4 Å². The highest BCUT2D eigenvalue weighted by Gasteiger charge is 2.34. The van der Waals surface area contributed by atoms with E-state index in [1.165, 1.54) is 5.01 Å². The van der Waals surface area contributed by atoms with Gasteiger partial charge in [0.05, 0.1) is 22.6 Å². The summed E-state index contributed by atoms with van der Waals surface area (Å²) in [6.45, 7) is 1.90. The molecule has 0 bridgehead atoms. The zero-order chi connectivity index (χ0) is 15.8. The Labute approximate surface area is 133 Å². The summed E-state index contributed by atoms with van der Waals surface area (Å²) in [6, 6.07) is 17.4. The Morgan fingerprint density at radius 3 is 2.61 bits per heavy atom. The lowest BCUT2D eigenvalue weighted by Gasteiger charge is -2.13. The van der Waals surface area contributed by atoms with Gasteiger partial charge in [0.25, 0.3) is 5.91 Å². The van der Waals surface area contributed by atoms with Gasteiger partial charge in [0.15, 0.2) is 0 Å². The maximum Gasteiger partial charge on any atom is 0.256 e. The molecule has 0 saturated carbocycles. The van der Waals surface area contributed by atoms with Crippen molar-refractivity contribution in [2.24, 2.45) is 11.0 Å². The molecule has 0 aliphatic carbocycles. The SMILES string of the molecule is CC1=NN(c2ccccc2)C(=O)C1Cc1nc2ccccc2[nH]1. The predicted octanol–water partition coefficient (Wildman–Crippen LogP) is 3.14. The number of nitrogens with one attached hydrogen (secondary N) is 1. The van der Waals surface area contributed by atoms with Gasteiger partial charge in [-0.1, -0.05) is 30.3 Å². The number of benzene rings is 2. The molecule has 5 nitrogen and oxygen atoms in total. The number of carbonyl (C=O) groups excluding carboxylic acids is 1. The maximum absolute atomic E-state index is 12.7. The van der Waals surface area contributed by atoms with Crippen LogP contribution in [-0.2, 0) is 11.2 Å². The van der Waals surface area contributed by atoms with Crippen LogP contribution in [0.4, 0.5) is 5.69 Å². The summed E-state index contributed by atoms with van der Waals surface area (Å²) in [5.74, 6) is 0.541. The molecule has 0 fully saturated rings. The molecular weight excluding hydrogens is 288 g/mol. The van der Waals surface area contributed by atoms with Gasteiger partial charge >= 0.3 is 0 Å². The lowest BCUT2D eigenvalue weighted by atomic mass is 10.00. The molecule has 0 radical (unpaired) electrons. The van der Waals surface area contributed by atoms with Crippen LogP contribution < -0.4 is 5.01 Å². The van der Waals surface area contributed by atoms with Crippen molar-refractivity contribution in [3.8, 4) is 0 Å². The monoisotopic (exact) mass is 304 g/mol. The Kier molecular flexibility index (Phi) is 3.19. The third-order valence-corrected chi connectivity index (χ3v) is 4.11. The number of fused-ring (bicyclic) bond motifs is 1. The van der Waals surface area contributed by atoms with Crippen LogP contribution in [0.3, 0.4) is 0 Å². The van der Waals surface area contributed by atoms with Crippen molar-refractivity contribution < 1.29 is 4.79 Å². The standard InChI is InChI=1S/C18H16N4O/c1-12-14(11-17-19-15-9-5-6-10-16(15)20-17)18(23)22(21-12)13-7-3-2-4-8-13/h2-10,14H,11H2,1H3,(H,19,20). The highest BCUT2D eigenvalue weighted by atomic mass is 16.2. The van der Waals surface area contributed by atoms with Crippen LogP contribution in [0.15, 0.2) is 59.7 Å². The van der Waals surface area contributed by atoms with Gasteiger partial charge in [-0.05, 0) is 31.2 Å². The van der Waals surface area contributed by atoms with Crippen LogP contribution >= 0.6 is 0 Å². The Hall–Kier alpha value is -2.95. The number of H-pyrrole nitrogens is 1. The van der Waals surface area contributed by atoms with Crippen LogP contribution in [0, 0.1) is 5.92 Å². The Balaban J connectivity index is 1.60. The van der Waals surface area contributed by atoms with Gasteiger partial charge in [-0.3, -0.25) is 4.79 Å². The van der Waals surface area contributed by atoms with Gasteiger partial charge < -0.3 is 4.98 Å². The van der Waals surface area contributed by atoms with Crippen LogP contribution in [0.25, 0.3) is 11.0 Å². The smallest absolute Gasteiger partial charge is 0.256 e. The highest BCUT2D eigenvalue weighted by molar-refractivity contribution is 6.14. The fourth-order valence-electron chi connectivity index (χ4n) is 2.89. The molecule has 2 aromatic carbocycles. The number of hydrazone groups is 1. The number of carbonyl (C=O) groups is 1. The molecule has 0 saturated heterocycles. The first-order valence-corrected chi connectivity index (χ1v) is 7.60. The normalized spacial score (nSPS) is 17.8. The van der Waals surface area contributed by atoms with E-state index < -0.39 is 0 Å². The van der Waals surface area contributed by atoms with E-state index in [9.17, 15) is 4.79 Å². The zero-order valence-electron chi connectivity index (χ0n) is 12.7. The summed E-state index contributed by atoms with van der Waals surface area (Å²) >= 11 is 0. The number of aromatic amines is 1. The largest absolute Gasteiger partial charge is 0.342 e. The molecule has 1 unspecified atom stereocenters. The molecule has 5 heteroatoms. The molecule has 1 N–H and O–H groups in total. The first-order valence-electron chi connectivity index (χ1n) is 7.60. The summed E-state index contributed by atoms with van der Waals surface area (Å²) in [5.41, 5.74) is 3.52. The number of hydrogen-bond donors (Lipinski definition) is 1. The predicted molar refractivity (Wildman–Crippen MR) is 90.3 cm³/mol. The van der Waals surface area contributed by atoms with E-state index >= 15 is 0 Å². The number of aromatic nitrogens is 2. The minimum Gasteiger partial charge on any atom is -0.342 e. The highest BCUT2D eigenvalue weighted by Crippen LogP contribution is 2.25. The average molecular weight is 304 g/mol. The van der Waals surface area contributed by atoms with E-state index in [0.717, 1.165) is 28.3 Å². The van der Waals surface area contributed by atoms with Crippen molar-refractivity contribution in [1.82, 2.24) is 9.97 Å². The number of para-hydroxylation sites is 3. The molecule has 3 aromatic rings. The van der Waals surface area contributed by atoms with E-state index in [2.05, 4.69) is 15.1 Å². The zero-order valence-corrected chi connectivity index (χ0v) is 12.7. The van der Waals surface area contributed by atoms with E-state index in [1.54, 1.807) is 0 Å². The molecule has 0 spiro atoms. The van der Waals surface area contributed by atoms with Crippen LogP contribution in [-0.4, -0.2) is 21.6 Å².